The van der Waals surface area contributed by atoms with Crippen molar-refractivity contribution in [1.29, 1.82) is 0 Å². The van der Waals surface area contributed by atoms with Crippen molar-refractivity contribution < 1.29 is 13.2 Å². The molecule has 5 nitrogen and oxygen atoms in total. The number of halogens is 1. The summed E-state index contributed by atoms with van der Waals surface area (Å²) in [5, 5.41) is 0.140. The Labute approximate surface area is 136 Å². The number of carbonyl (C=O) groups excluding carboxylic acids is 1. The van der Waals surface area contributed by atoms with Gasteiger partial charge in [0.2, 0.25) is 15.9 Å². The maximum absolute atomic E-state index is 12.5. The number of hydrogen-bond acceptors (Lipinski definition) is 3. The van der Waals surface area contributed by atoms with Gasteiger partial charge in [-0.2, -0.15) is 4.72 Å². The molecule has 0 spiro atoms. The topological polar surface area (TPSA) is 66.5 Å². The highest BCUT2D eigenvalue weighted by Gasteiger charge is 2.30. The van der Waals surface area contributed by atoms with Gasteiger partial charge in [0, 0.05) is 12.6 Å². The molecule has 1 fully saturated rings. The molecule has 0 aliphatic carbocycles. The molecule has 1 saturated heterocycles. The van der Waals surface area contributed by atoms with Crippen LogP contribution in [0, 0.1) is 0 Å². The van der Waals surface area contributed by atoms with Crippen LogP contribution in [-0.4, -0.2) is 37.9 Å². The minimum Gasteiger partial charge on any atom is -0.339 e. The van der Waals surface area contributed by atoms with Crippen molar-refractivity contribution in [2.75, 3.05) is 6.54 Å². The van der Waals surface area contributed by atoms with Crippen molar-refractivity contribution >= 4 is 27.5 Å². The van der Waals surface area contributed by atoms with E-state index < -0.39 is 16.1 Å². The van der Waals surface area contributed by atoms with Crippen LogP contribution in [0.3, 0.4) is 0 Å². The lowest BCUT2D eigenvalue weighted by atomic mass is 10.0. The van der Waals surface area contributed by atoms with E-state index in [0.717, 1.165) is 19.3 Å². The Kier molecular flexibility index (Phi) is 5.47. The van der Waals surface area contributed by atoms with Gasteiger partial charge in [0.1, 0.15) is 4.90 Å². The average Bonchev–Trinajstić information content (AvgIpc) is 2.46. The highest BCUT2D eigenvalue weighted by molar-refractivity contribution is 7.89. The molecule has 1 aromatic carbocycles. The van der Waals surface area contributed by atoms with E-state index in [4.69, 9.17) is 11.6 Å². The average molecular weight is 345 g/mol. The minimum atomic E-state index is -3.82. The Bertz CT molecular complexity index is 648. The van der Waals surface area contributed by atoms with E-state index in [2.05, 4.69) is 4.72 Å². The van der Waals surface area contributed by atoms with E-state index in [9.17, 15) is 13.2 Å². The highest BCUT2D eigenvalue weighted by atomic mass is 35.5. The number of sulfonamides is 1. The van der Waals surface area contributed by atoms with Gasteiger partial charge in [-0.15, -0.1) is 0 Å². The quantitative estimate of drug-likeness (QED) is 0.912. The summed E-state index contributed by atoms with van der Waals surface area (Å²) >= 11 is 5.93. The molecular formula is C15H21ClN2O3S. The van der Waals surface area contributed by atoms with Gasteiger partial charge in [-0.25, -0.2) is 8.42 Å². The standard InChI is InChI=1S/C15H21ClN2O3S/c1-11-7-5-6-10-18(11)15(19)12(2)17-22(20,21)14-9-4-3-8-13(14)16/h3-4,8-9,11-12,17H,5-7,10H2,1-2H3/t11-,12-/m1/s1. The van der Waals surface area contributed by atoms with Crippen LogP contribution >= 0.6 is 11.6 Å². The van der Waals surface area contributed by atoms with Crippen LogP contribution in [0.1, 0.15) is 33.1 Å². The van der Waals surface area contributed by atoms with Crippen LogP contribution in [-0.2, 0) is 14.8 Å². The van der Waals surface area contributed by atoms with Crippen molar-refractivity contribution in [1.82, 2.24) is 9.62 Å². The zero-order chi connectivity index (χ0) is 16.3. The lowest BCUT2D eigenvalue weighted by Crippen LogP contribution is -2.51. The second-order valence-corrected chi connectivity index (χ2v) is 7.74. The largest absolute Gasteiger partial charge is 0.339 e. The fourth-order valence-corrected chi connectivity index (χ4v) is 4.40. The van der Waals surface area contributed by atoms with E-state index in [-0.39, 0.29) is 21.9 Å². The van der Waals surface area contributed by atoms with Crippen molar-refractivity contribution in [3.05, 3.63) is 29.3 Å². The predicted molar refractivity (Wildman–Crippen MR) is 86.3 cm³/mol. The Morgan fingerprint density at radius 2 is 2.05 bits per heavy atom. The Morgan fingerprint density at radius 1 is 1.36 bits per heavy atom. The first kappa shape index (κ1) is 17.2. The number of rotatable bonds is 4. The van der Waals surface area contributed by atoms with Crippen LogP contribution in [0.25, 0.3) is 0 Å². The molecule has 1 aliphatic rings. The third kappa shape index (κ3) is 3.80. The fraction of sp³-hybridized carbons (Fsp3) is 0.533. The number of carbonyl (C=O) groups is 1. The Balaban J connectivity index is 2.12. The van der Waals surface area contributed by atoms with Crippen molar-refractivity contribution in [3.8, 4) is 0 Å². The van der Waals surface area contributed by atoms with Gasteiger partial charge < -0.3 is 4.90 Å². The lowest BCUT2D eigenvalue weighted by molar-refractivity contribution is -0.135. The second kappa shape index (κ2) is 6.98. The number of amides is 1. The van der Waals surface area contributed by atoms with Crippen molar-refractivity contribution in [2.24, 2.45) is 0 Å². The van der Waals surface area contributed by atoms with Gasteiger partial charge >= 0.3 is 0 Å². The Hall–Kier alpha value is -1.11. The first-order valence-electron chi connectivity index (χ1n) is 7.40. The molecule has 0 saturated carbocycles. The summed E-state index contributed by atoms with van der Waals surface area (Å²) in [7, 11) is -3.82. The number of nitrogens with zero attached hydrogens (tertiary/aromatic N) is 1. The number of benzene rings is 1. The van der Waals surface area contributed by atoms with Gasteiger partial charge in [0.25, 0.3) is 0 Å². The maximum Gasteiger partial charge on any atom is 0.242 e. The molecule has 0 radical (unpaired) electrons. The van der Waals surface area contributed by atoms with Gasteiger partial charge in [-0.05, 0) is 45.2 Å². The van der Waals surface area contributed by atoms with Crippen LogP contribution in [0.15, 0.2) is 29.2 Å². The van der Waals surface area contributed by atoms with Gasteiger partial charge in [0.05, 0.1) is 11.1 Å². The number of hydrogen-bond donors (Lipinski definition) is 1. The smallest absolute Gasteiger partial charge is 0.242 e. The minimum absolute atomic E-state index is 0.0111. The molecule has 0 unspecified atom stereocenters. The normalized spacial score (nSPS) is 20.7. The van der Waals surface area contributed by atoms with Gasteiger partial charge in [0.15, 0.2) is 0 Å². The second-order valence-electron chi connectivity index (χ2n) is 5.65. The van der Waals surface area contributed by atoms with E-state index >= 15 is 0 Å². The number of likely N-dealkylation sites (tertiary alicyclic amines) is 1. The summed E-state index contributed by atoms with van der Waals surface area (Å²) in [4.78, 5) is 14.2. The molecule has 22 heavy (non-hydrogen) atoms. The van der Waals surface area contributed by atoms with E-state index in [1.807, 2.05) is 6.92 Å². The molecule has 1 heterocycles. The zero-order valence-corrected chi connectivity index (χ0v) is 14.3. The highest BCUT2D eigenvalue weighted by Crippen LogP contribution is 2.21. The molecule has 1 amide bonds. The SMILES string of the molecule is C[C@@H]1CCCCN1C(=O)[C@@H](C)NS(=O)(=O)c1ccccc1Cl. The summed E-state index contributed by atoms with van der Waals surface area (Å²) < 4.78 is 27.2. The summed E-state index contributed by atoms with van der Waals surface area (Å²) in [5.74, 6) is -0.192. The number of nitrogens with one attached hydrogen (secondary N) is 1. The molecule has 2 atom stereocenters. The zero-order valence-electron chi connectivity index (χ0n) is 12.8. The molecule has 0 aromatic heterocycles. The molecule has 2 rings (SSSR count). The molecule has 1 N–H and O–H groups in total. The predicted octanol–water partition coefficient (Wildman–Crippen LogP) is 2.41. The van der Waals surface area contributed by atoms with Gasteiger partial charge in [-0.1, -0.05) is 23.7 Å². The molecule has 7 heteroatoms. The van der Waals surface area contributed by atoms with Crippen LogP contribution < -0.4 is 4.72 Å². The van der Waals surface area contributed by atoms with Crippen LogP contribution in [0.4, 0.5) is 0 Å². The molecular weight excluding hydrogens is 324 g/mol. The van der Waals surface area contributed by atoms with Crippen molar-refractivity contribution in [3.63, 3.8) is 0 Å². The van der Waals surface area contributed by atoms with Crippen LogP contribution in [0.2, 0.25) is 5.02 Å². The first-order chi connectivity index (χ1) is 10.3. The lowest BCUT2D eigenvalue weighted by Gasteiger charge is -2.35. The summed E-state index contributed by atoms with van der Waals surface area (Å²) in [5.41, 5.74) is 0. The monoisotopic (exact) mass is 344 g/mol. The third-order valence-corrected chi connectivity index (χ3v) is 5.96. The van der Waals surface area contributed by atoms with Crippen LogP contribution in [0.5, 0.6) is 0 Å². The first-order valence-corrected chi connectivity index (χ1v) is 9.26. The fourth-order valence-electron chi connectivity index (χ4n) is 2.68. The summed E-state index contributed by atoms with van der Waals surface area (Å²) in [6.45, 7) is 4.24. The maximum atomic E-state index is 12.5. The van der Waals surface area contributed by atoms with E-state index in [1.165, 1.54) is 12.1 Å². The van der Waals surface area contributed by atoms with E-state index in [0.29, 0.717) is 6.54 Å². The molecule has 1 aliphatic heterocycles. The van der Waals surface area contributed by atoms with Gasteiger partial charge in [-0.3, -0.25) is 4.79 Å². The summed E-state index contributed by atoms with van der Waals surface area (Å²) in [6.07, 6.45) is 3.01. The molecule has 0 bridgehead atoms. The molecule has 1 aromatic rings. The molecule has 122 valence electrons. The van der Waals surface area contributed by atoms with Crippen molar-refractivity contribution in [2.45, 2.75) is 50.1 Å². The summed E-state index contributed by atoms with van der Waals surface area (Å²) in [6, 6.07) is 5.52. The number of piperidine rings is 1. The van der Waals surface area contributed by atoms with E-state index in [1.54, 1.807) is 24.0 Å². The third-order valence-electron chi connectivity index (χ3n) is 3.91. The Morgan fingerprint density at radius 3 is 2.68 bits per heavy atom.